The highest BCUT2D eigenvalue weighted by molar-refractivity contribution is 5.85. The number of piperidine rings is 2. The molecule has 2 bridgehead atoms. The van der Waals surface area contributed by atoms with Crippen LogP contribution in [-0.4, -0.2) is 57.7 Å². The van der Waals surface area contributed by atoms with Crippen LogP contribution in [0.3, 0.4) is 0 Å². The van der Waals surface area contributed by atoms with Gasteiger partial charge in [-0.05, 0) is 57.1 Å². The van der Waals surface area contributed by atoms with Crippen molar-refractivity contribution < 1.29 is 4.79 Å². The molecule has 8 heteroatoms. The summed E-state index contributed by atoms with van der Waals surface area (Å²) in [5.74, 6) is 1.72. The molecule has 2 saturated heterocycles. The zero-order valence-corrected chi connectivity index (χ0v) is 22.4. The number of benzene rings is 1. The first-order valence-corrected chi connectivity index (χ1v) is 12.3. The molecule has 3 heterocycles. The fraction of sp³-hybridized carbons (Fsp3) is 0.615. The molecule has 0 aliphatic carbocycles. The second kappa shape index (κ2) is 13.5. The molecule has 34 heavy (non-hydrogen) atoms. The number of carbonyl (C=O) groups excluding carboxylic acids is 1. The molecule has 0 saturated carbocycles. The molecule has 190 valence electrons. The number of nitrogens with zero attached hydrogens (tertiary/aromatic N) is 4. The number of aryl methyl sites for hydroxylation is 1. The van der Waals surface area contributed by atoms with Gasteiger partial charge in [0.2, 0.25) is 5.91 Å². The van der Waals surface area contributed by atoms with Crippen molar-refractivity contribution in [3.8, 4) is 0 Å². The lowest BCUT2D eigenvalue weighted by atomic mass is 9.79. The Morgan fingerprint density at radius 2 is 1.97 bits per heavy atom. The van der Waals surface area contributed by atoms with E-state index in [0.717, 1.165) is 49.7 Å². The molecule has 2 aromatic rings. The topological polar surface area (TPSA) is 53.4 Å². The van der Waals surface area contributed by atoms with Crippen molar-refractivity contribution in [3.05, 3.63) is 53.3 Å². The lowest BCUT2D eigenvalue weighted by molar-refractivity contribution is -0.131. The van der Waals surface area contributed by atoms with Gasteiger partial charge in [-0.25, -0.2) is 0 Å². The number of nitrogens with one attached hydrogen (secondary N) is 1. The second-order valence-corrected chi connectivity index (χ2v) is 9.74. The molecule has 2 aliphatic rings. The predicted octanol–water partition coefficient (Wildman–Crippen LogP) is 4.20. The summed E-state index contributed by atoms with van der Waals surface area (Å²) in [6.07, 6.45) is 5.90. The zero-order valence-electron chi connectivity index (χ0n) is 20.8. The first-order chi connectivity index (χ1) is 15.5. The fourth-order valence-electron chi connectivity index (χ4n) is 5.49. The van der Waals surface area contributed by atoms with Crippen LogP contribution in [0.5, 0.6) is 0 Å². The van der Waals surface area contributed by atoms with Gasteiger partial charge < -0.3 is 10.2 Å². The van der Waals surface area contributed by atoms with E-state index in [1.807, 2.05) is 22.8 Å². The summed E-state index contributed by atoms with van der Waals surface area (Å²) < 4.78 is 1.88. The summed E-state index contributed by atoms with van der Waals surface area (Å²) in [5.41, 5.74) is 3.68. The molecule has 0 radical (unpaired) electrons. The van der Waals surface area contributed by atoms with Gasteiger partial charge in [-0.2, -0.15) is 5.10 Å². The Kier molecular flexibility index (Phi) is 11.4. The van der Waals surface area contributed by atoms with E-state index >= 15 is 0 Å². The Morgan fingerprint density at radius 3 is 2.65 bits per heavy atom. The van der Waals surface area contributed by atoms with Crippen LogP contribution in [0, 0.1) is 18.8 Å². The summed E-state index contributed by atoms with van der Waals surface area (Å²) in [7, 11) is 1.95. The quantitative estimate of drug-likeness (QED) is 0.550. The highest BCUT2D eigenvalue weighted by atomic mass is 35.5. The first-order valence-electron chi connectivity index (χ1n) is 12.3. The van der Waals surface area contributed by atoms with Gasteiger partial charge in [0.1, 0.15) is 0 Å². The molecule has 1 amide bonds. The van der Waals surface area contributed by atoms with Crippen molar-refractivity contribution in [2.24, 2.45) is 18.9 Å². The van der Waals surface area contributed by atoms with Crippen LogP contribution < -0.4 is 5.32 Å². The molecule has 3 atom stereocenters. The number of rotatable bonds is 9. The predicted molar refractivity (Wildman–Crippen MR) is 142 cm³/mol. The zero-order chi connectivity index (χ0) is 22.5. The maximum Gasteiger partial charge on any atom is 0.222 e. The van der Waals surface area contributed by atoms with Gasteiger partial charge in [0.25, 0.3) is 0 Å². The molecular weight excluding hydrogens is 469 g/mol. The fourth-order valence-corrected chi connectivity index (χ4v) is 5.49. The minimum absolute atomic E-state index is 0. The average Bonchev–Trinajstić information content (AvgIpc) is 3.11. The smallest absolute Gasteiger partial charge is 0.222 e. The second-order valence-electron chi connectivity index (χ2n) is 9.74. The Bertz CT molecular complexity index is 891. The van der Waals surface area contributed by atoms with E-state index in [2.05, 4.69) is 59.5 Å². The molecule has 2 aliphatic heterocycles. The van der Waals surface area contributed by atoms with E-state index in [4.69, 9.17) is 0 Å². The van der Waals surface area contributed by atoms with Crippen molar-refractivity contribution in [2.45, 2.75) is 58.7 Å². The van der Waals surface area contributed by atoms with E-state index in [-0.39, 0.29) is 30.7 Å². The van der Waals surface area contributed by atoms with E-state index in [0.29, 0.717) is 24.9 Å². The number of hydrogen-bond acceptors (Lipinski definition) is 4. The Labute approximate surface area is 217 Å². The molecule has 2 fully saturated rings. The third-order valence-corrected chi connectivity index (χ3v) is 7.47. The normalized spacial score (nSPS) is 21.9. The van der Waals surface area contributed by atoms with Gasteiger partial charge in [-0.3, -0.25) is 14.4 Å². The number of halogens is 2. The van der Waals surface area contributed by atoms with E-state index in [1.165, 1.54) is 25.1 Å². The Hall–Kier alpha value is -1.60. The highest BCUT2D eigenvalue weighted by Crippen LogP contribution is 2.31. The number of amides is 1. The molecule has 1 aromatic heterocycles. The molecular formula is C26H41Cl2N5O. The summed E-state index contributed by atoms with van der Waals surface area (Å²) in [5, 5.41) is 8.12. The van der Waals surface area contributed by atoms with Crippen molar-refractivity contribution in [2.75, 3.05) is 26.2 Å². The lowest BCUT2D eigenvalue weighted by Crippen LogP contribution is -2.55. The number of hydrogen-bond donors (Lipinski definition) is 1. The molecule has 1 aromatic carbocycles. The third kappa shape index (κ3) is 7.20. The van der Waals surface area contributed by atoms with Crippen LogP contribution in [0.15, 0.2) is 36.5 Å². The van der Waals surface area contributed by atoms with Gasteiger partial charge >= 0.3 is 0 Å². The van der Waals surface area contributed by atoms with Crippen molar-refractivity contribution in [1.82, 2.24) is 24.9 Å². The van der Waals surface area contributed by atoms with Crippen LogP contribution in [0.1, 0.15) is 49.4 Å². The van der Waals surface area contributed by atoms with Gasteiger partial charge in [0.15, 0.2) is 0 Å². The standard InChI is InChI=1S/C26H39N5O.2ClH/c1-4-31(19-24-15-28-29(3)20(24)2)26(32)12-8-11-25-23-13-22(14-27-25)17-30(18-23)16-21-9-6-5-7-10-21;;/h5-7,9-10,15,22-23,25,27H,4,8,11-14,16-19H2,1-3H3;2*1H/t22?,23?,25-;;/m1../s1. The maximum absolute atomic E-state index is 12.9. The Morgan fingerprint density at radius 1 is 1.21 bits per heavy atom. The summed E-state index contributed by atoms with van der Waals surface area (Å²) in [6.45, 7) is 10.1. The third-order valence-electron chi connectivity index (χ3n) is 7.47. The van der Waals surface area contributed by atoms with Crippen molar-refractivity contribution >= 4 is 30.7 Å². The van der Waals surface area contributed by atoms with Gasteiger partial charge in [0, 0.05) is 63.5 Å². The van der Waals surface area contributed by atoms with Crippen LogP contribution in [0.2, 0.25) is 0 Å². The largest absolute Gasteiger partial charge is 0.339 e. The number of fused-ring (bicyclic) bond motifs is 2. The van der Waals surface area contributed by atoms with Gasteiger partial charge in [-0.15, -0.1) is 24.8 Å². The maximum atomic E-state index is 12.9. The van der Waals surface area contributed by atoms with Crippen LogP contribution in [0.4, 0.5) is 0 Å². The highest BCUT2D eigenvalue weighted by Gasteiger charge is 2.36. The molecule has 6 nitrogen and oxygen atoms in total. The molecule has 0 spiro atoms. The number of likely N-dealkylation sites (tertiary alicyclic amines) is 1. The number of carbonyl (C=O) groups is 1. The average molecular weight is 511 g/mol. The Balaban J connectivity index is 0.00000204. The van der Waals surface area contributed by atoms with Gasteiger partial charge in [0.05, 0.1) is 6.20 Å². The number of aromatic nitrogens is 2. The summed E-state index contributed by atoms with van der Waals surface area (Å²) >= 11 is 0. The van der Waals surface area contributed by atoms with Crippen molar-refractivity contribution in [3.63, 3.8) is 0 Å². The van der Waals surface area contributed by atoms with Gasteiger partial charge in [-0.1, -0.05) is 30.3 Å². The van der Waals surface area contributed by atoms with Crippen LogP contribution in [-0.2, 0) is 24.9 Å². The van der Waals surface area contributed by atoms with Crippen molar-refractivity contribution in [1.29, 1.82) is 0 Å². The minimum atomic E-state index is 0. The van der Waals surface area contributed by atoms with E-state index in [1.54, 1.807) is 0 Å². The molecule has 1 N–H and O–H groups in total. The van der Waals surface area contributed by atoms with E-state index < -0.39 is 0 Å². The summed E-state index contributed by atoms with van der Waals surface area (Å²) in [6, 6.07) is 11.4. The van der Waals surface area contributed by atoms with E-state index in [9.17, 15) is 4.79 Å². The molecule has 4 rings (SSSR count). The van der Waals surface area contributed by atoms with Crippen LogP contribution in [0.25, 0.3) is 0 Å². The summed E-state index contributed by atoms with van der Waals surface area (Å²) in [4.78, 5) is 17.5. The minimum Gasteiger partial charge on any atom is -0.339 e. The SMILES string of the molecule is CCN(Cc1cnn(C)c1C)C(=O)CCC[C@H]1NCC2CC1CN(Cc1ccccc1)C2.Cl.Cl. The first kappa shape index (κ1) is 28.6. The molecule has 2 unspecified atom stereocenters. The van der Waals surface area contributed by atoms with Crippen LogP contribution >= 0.6 is 24.8 Å². The monoisotopic (exact) mass is 509 g/mol. The lowest BCUT2D eigenvalue weighted by Gasteiger charge is -2.46.